The summed E-state index contributed by atoms with van der Waals surface area (Å²) in [7, 11) is 0. The second-order valence-electron chi connectivity index (χ2n) is 7.78. The smallest absolute Gasteiger partial charge is 0.335 e. The number of para-hydroxylation sites is 1. The number of carbonyl (C=O) groups is 2. The average molecular weight is 445 g/mol. The summed E-state index contributed by atoms with van der Waals surface area (Å²) in [6.45, 7) is 3.54. The van der Waals surface area contributed by atoms with Gasteiger partial charge in [-0.1, -0.05) is 23.8 Å². The SMILES string of the molecule is Cc1ccc2[nH]nc(C(=O)N3CCN(CC(=O)Nc4ccccc4C(F)(F)F)CC3)c2c1. The third kappa shape index (κ3) is 4.59. The van der Waals surface area contributed by atoms with E-state index in [0.717, 1.165) is 22.5 Å². The number of hydrogen-bond acceptors (Lipinski definition) is 4. The first-order valence-electron chi connectivity index (χ1n) is 10.1. The molecule has 168 valence electrons. The van der Waals surface area contributed by atoms with Crippen LogP contribution in [0.15, 0.2) is 42.5 Å². The van der Waals surface area contributed by atoms with Gasteiger partial charge in [0.15, 0.2) is 5.69 Å². The minimum absolute atomic E-state index is 0.0568. The van der Waals surface area contributed by atoms with Crippen LogP contribution in [0, 0.1) is 6.92 Å². The molecular formula is C22H22F3N5O2. The van der Waals surface area contributed by atoms with Crippen molar-refractivity contribution in [2.45, 2.75) is 13.1 Å². The minimum Gasteiger partial charge on any atom is -0.335 e. The number of benzene rings is 2. The van der Waals surface area contributed by atoms with Gasteiger partial charge in [0.05, 0.1) is 23.3 Å². The maximum atomic E-state index is 13.1. The van der Waals surface area contributed by atoms with E-state index in [0.29, 0.717) is 31.9 Å². The number of aromatic amines is 1. The molecule has 0 unspecified atom stereocenters. The molecule has 4 rings (SSSR count). The van der Waals surface area contributed by atoms with Gasteiger partial charge < -0.3 is 10.2 Å². The highest BCUT2D eigenvalue weighted by Gasteiger charge is 2.34. The normalized spacial score (nSPS) is 15.2. The Morgan fingerprint density at radius 3 is 2.53 bits per heavy atom. The molecule has 0 saturated carbocycles. The molecule has 2 aromatic carbocycles. The topological polar surface area (TPSA) is 81.3 Å². The second kappa shape index (κ2) is 8.62. The Hall–Kier alpha value is -3.40. The van der Waals surface area contributed by atoms with Crippen LogP contribution in [0.2, 0.25) is 0 Å². The van der Waals surface area contributed by atoms with Crippen molar-refractivity contribution in [1.29, 1.82) is 0 Å². The van der Waals surface area contributed by atoms with Crippen LogP contribution in [0.3, 0.4) is 0 Å². The summed E-state index contributed by atoms with van der Waals surface area (Å²) in [4.78, 5) is 28.7. The number of piperazine rings is 1. The largest absolute Gasteiger partial charge is 0.418 e. The summed E-state index contributed by atoms with van der Waals surface area (Å²) >= 11 is 0. The van der Waals surface area contributed by atoms with Gasteiger partial charge in [0.2, 0.25) is 5.91 Å². The molecule has 0 aliphatic carbocycles. The van der Waals surface area contributed by atoms with Gasteiger partial charge in [0.25, 0.3) is 5.91 Å². The van der Waals surface area contributed by atoms with E-state index in [-0.39, 0.29) is 18.1 Å². The number of aryl methyl sites for hydroxylation is 1. The molecule has 1 aromatic heterocycles. The Kier molecular flexibility index (Phi) is 5.88. The molecule has 1 aliphatic rings. The van der Waals surface area contributed by atoms with Gasteiger partial charge in [-0.3, -0.25) is 19.6 Å². The highest BCUT2D eigenvalue weighted by molar-refractivity contribution is 6.04. The quantitative estimate of drug-likeness (QED) is 0.646. The lowest BCUT2D eigenvalue weighted by Gasteiger charge is -2.34. The van der Waals surface area contributed by atoms with Gasteiger partial charge in [-0.05, 0) is 31.2 Å². The fraction of sp³-hybridized carbons (Fsp3) is 0.318. The fourth-order valence-corrected chi connectivity index (χ4v) is 3.78. The van der Waals surface area contributed by atoms with Crippen LogP contribution in [0.1, 0.15) is 21.6 Å². The van der Waals surface area contributed by atoms with E-state index < -0.39 is 17.6 Å². The van der Waals surface area contributed by atoms with Crippen molar-refractivity contribution in [3.05, 3.63) is 59.3 Å². The van der Waals surface area contributed by atoms with E-state index in [9.17, 15) is 22.8 Å². The van der Waals surface area contributed by atoms with E-state index >= 15 is 0 Å². The maximum absolute atomic E-state index is 13.1. The van der Waals surface area contributed by atoms with Crippen molar-refractivity contribution >= 4 is 28.4 Å². The van der Waals surface area contributed by atoms with E-state index in [2.05, 4.69) is 15.5 Å². The lowest BCUT2D eigenvalue weighted by Crippen LogP contribution is -2.50. The second-order valence-corrected chi connectivity index (χ2v) is 7.78. The number of rotatable bonds is 4. The number of nitrogens with one attached hydrogen (secondary N) is 2. The summed E-state index contributed by atoms with van der Waals surface area (Å²) in [6.07, 6.45) is -4.55. The van der Waals surface area contributed by atoms with Crippen LogP contribution >= 0.6 is 0 Å². The molecule has 2 amide bonds. The first kappa shape index (κ1) is 21.8. The van der Waals surface area contributed by atoms with Crippen molar-refractivity contribution in [1.82, 2.24) is 20.0 Å². The van der Waals surface area contributed by atoms with Gasteiger partial charge in [-0.15, -0.1) is 0 Å². The number of nitrogens with zero attached hydrogens (tertiary/aromatic N) is 3. The van der Waals surface area contributed by atoms with Crippen LogP contribution in [0.25, 0.3) is 10.9 Å². The first-order chi connectivity index (χ1) is 15.2. The summed E-state index contributed by atoms with van der Waals surface area (Å²) in [5, 5.41) is 10.2. The number of anilines is 1. The molecule has 7 nitrogen and oxygen atoms in total. The van der Waals surface area contributed by atoms with E-state index in [4.69, 9.17) is 0 Å². The Morgan fingerprint density at radius 1 is 1.09 bits per heavy atom. The highest BCUT2D eigenvalue weighted by atomic mass is 19.4. The number of amides is 2. The van der Waals surface area contributed by atoms with Gasteiger partial charge in [0.1, 0.15) is 0 Å². The van der Waals surface area contributed by atoms with Crippen molar-refractivity contribution in [3.63, 3.8) is 0 Å². The standard InChI is InChI=1S/C22H22F3N5O2/c1-14-6-7-17-15(12-14)20(28-27-17)21(32)30-10-8-29(9-11-30)13-19(31)26-18-5-3-2-4-16(18)22(23,24)25/h2-7,12H,8-11,13H2,1H3,(H,26,31)(H,27,28). The molecule has 0 bridgehead atoms. The fourth-order valence-electron chi connectivity index (χ4n) is 3.78. The number of alkyl halides is 3. The molecule has 3 aromatic rings. The molecular weight excluding hydrogens is 423 g/mol. The zero-order chi connectivity index (χ0) is 22.9. The van der Waals surface area contributed by atoms with Gasteiger partial charge in [-0.25, -0.2) is 0 Å². The van der Waals surface area contributed by atoms with Crippen molar-refractivity contribution < 1.29 is 22.8 Å². The van der Waals surface area contributed by atoms with Crippen LogP contribution in [-0.4, -0.2) is 64.5 Å². The third-order valence-corrected chi connectivity index (χ3v) is 5.45. The number of H-pyrrole nitrogens is 1. The van der Waals surface area contributed by atoms with E-state index in [1.165, 1.54) is 18.2 Å². The number of hydrogen-bond donors (Lipinski definition) is 2. The molecule has 32 heavy (non-hydrogen) atoms. The molecule has 2 N–H and O–H groups in total. The number of carbonyl (C=O) groups excluding carboxylic acids is 2. The van der Waals surface area contributed by atoms with E-state index in [1.54, 1.807) is 4.90 Å². The minimum atomic E-state index is -4.55. The van der Waals surface area contributed by atoms with Crippen LogP contribution in [0.5, 0.6) is 0 Å². The Labute approximate surface area is 182 Å². The maximum Gasteiger partial charge on any atom is 0.418 e. The summed E-state index contributed by atoms with van der Waals surface area (Å²) in [5.41, 5.74) is 1.02. The summed E-state index contributed by atoms with van der Waals surface area (Å²) in [5.74, 6) is -0.722. The number of aromatic nitrogens is 2. The van der Waals surface area contributed by atoms with Crippen molar-refractivity contribution in [2.75, 3.05) is 38.0 Å². The Balaban J connectivity index is 1.35. The average Bonchev–Trinajstić information content (AvgIpc) is 3.16. The first-order valence-corrected chi connectivity index (χ1v) is 10.1. The molecule has 1 saturated heterocycles. The molecule has 10 heteroatoms. The molecule has 1 fully saturated rings. The lowest BCUT2D eigenvalue weighted by atomic mass is 10.1. The zero-order valence-electron chi connectivity index (χ0n) is 17.4. The summed E-state index contributed by atoms with van der Waals surface area (Å²) in [6, 6.07) is 10.6. The zero-order valence-corrected chi connectivity index (χ0v) is 17.4. The molecule has 0 atom stereocenters. The predicted molar refractivity (Wildman–Crippen MR) is 113 cm³/mol. The molecule has 2 heterocycles. The predicted octanol–water partition coefficient (Wildman–Crippen LogP) is 3.29. The third-order valence-electron chi connectivity index (χ3n) is 5.45. The van der Waals surface area contributed by atoms with E-state index in [1.807, 2.05) is 30.0 Å². The van der Waals surface area contributed by atoms with Crippen molar-refractivity contribution in [2.24, 2.45) is 0 Å². The Morgan fingerprint density at radius 2 is 1.81 bits per heavy atom. The highest BCUT2D eigenvalue weighted by Crippen LogP contribution is 2.34. The lowest BCUT2D eigenvalue weighted by molar-refractivity contribution is -0.137. The van der Waals surface area contributed by atoms with Crippen LogP contribution in [0.4, 0.5) is 18.9 Å². The number of halogens is 3. The number of fused-ring (bicyclic) bond motifs is 1. The van der Waals surface area contributed by atoms with Crippen LogP contribution < -0.4 is 5.32 Å². The van der Waals surface area contributed by atoms with Crippen LogP contribution in [-0.2, 0) is 11.0 Å². The monoisotopic (exact) mass is 445 g/mol. The molecule has 1 aliphatic heterocycles. The molecule has 0 spiro atoms. The Bertz CT molecular complexity index is 1150. The summed E-state index contributed by atoms with van der Waals surface area (Å²) < 4.78 is 39.3. The van der Waals surface area contributed by atoms with Crippen molar-refractivity contribution in [3.8, 4) is 0 Å². The van der Waals surface area contributed by atoms with Gasteiger partial charge in [-0.2, -0.15) is 18.3 Å². The van der Waals surface area contributed by atoms with Gasteiger partial charge >= 0.3 is 6.18 Å². The van der Waals surface area contributed by atoms with Gasteiger partial charge in [0, 0.05) is 31.6 Å². The molecule has 0 radical (unpaired) electrons.